The number of fused-ring (bicyclic) bond motifs is 1. The second kappa shape index (κ2) is 12.0. The third-order valence-electron chi connectivity index (χ3n) is 6.98. The number of unbranched alkanes of at least 4 members (excludes halogenated alkanes) is 1. The van der Waals surface area contributed by atoms with Gasteiger partial charge in [0.15, 0.2) is 0 Å². The van der Waals surface area contributed by atoms with Crippen molar-refractivity contribution in [3.63, 3.8) is 0 Å². The number of carbonyl (C=O) groups excluding carboxylic acids is 3. The van der Waals surface area contributed by atoms with Gasteiger partial charge in [0.25, 0.3) is 0 Å². The minimum Gasteiger partial charge on any atom is -0.337 e. The molecule has 2 aromatic carbocycles. The molecule has 2 aliphatic heterocycles. The van der Waals surface area contributed by atoms with Crippen LogP contribution in [0.15, 0.2) is 60.7 Å². The Kier molecular flexibility index (Phi) is 8.59. The highest BCUT2D eigenvalue weighted by Gasteiger charge is 2.50. The number of nitrogens with one attached hydrogen (secondary N) is 1. The van der Waals surface area contributed by atoms with E-state index in [9.17, 15) is 14.4 Å². The molecule has 0 bridgehead atoms. The van der Waals surface area contributed by atoms with E-state index < -0.39 is 12.2 Å². The van der Waals surface area contributed by atoms with Crippen molar-refractivity contribution in [1.82, 2.24) is 25.1 Å². The molecule has 2 saturated heterocycles. The van der Waals surface area contributed by atoms with Crippen molar-refractivity contribution in [1.29, 1.82) is 0 Å². The van der Waals surface area contributed by atoms with Crippen molar-refractivity contribution in [3.05, 3.63) is 71.8 Å². The lowest BCUT2D eigenvalue weighted by Gasteiger charge is -2.54. The third kappa shape index (κ3) is 5.87. The fraction of sp³-hybridized carbons (Fsp3) is 0.464. The van der Waals surface area contributed by atoms with E-state index in [2.05, 4.69) is 17.4 Å². The van der Waals surface area contributed by atoms with Crippen LogP contribution in [0.1, 0.15) is 43.7 Å². The maximum absolute atomic E-state index is 13.4. The molecule has 8 nitrogen and oxygen atoms in total. The highest BCUT2D eigenvalue weighted by Crippen LogP contribution is 2.28. The number of nitrogens with zero attached hydrogens (tertiary/aromatic N) is 4. The normalized spacial score (nSPS) is 20.4. The molecule has 1 N–H and O–H groups in total. The molecule has 0 unspecified atom stereocenters. The summed E-state index contributed by atoms with van der Waals surface area (Å²) < 4.78 is 0. The first-order valence-electron chi connectivity index (χ1n) is 13.0. The van der Waals surface area contributed by atoms with E-state index in [0.29, 0.717) is 26.1 Å². The summed E-state index contributed by atoms with van der Waals surface area (Å²) in [6.07, 6.45) is 3.66. The minimum absolute atomic E-state index is 0.00430. The molecule has 0 radical (unpaired) electrons. The van der Waals surface area contributed by atoms with Crippen LogP contribution in [-0.2, 0) is 22.6 Å². The zero-order valence-corrected chi connectivity index (χ0v) is 21.3. The molecule has 2 heterocycles. The van der Waals surface area contributed by atoms with Crippen molar-refractivity contribution < 1.29 is 14.4 Å². The number of amides is 4. The molecule has 0 spiro atoms. The summed E-state index contributed by atoms with van der Waals surface area (Å²) in [5.74, 6) is -0.111. The van der Waals surface area contributed by atoms with Gasteiger partial charge in [0, 0.05) is 20.1 Å². The molecular weight excluding hydrogens is 454 g/mol. The number of aryl methyl sites for hydroxylation is 1. The second-order valence-electron chi connectivity index (χ2n) is 9.62. The Bertz CT molecular complexity index is 1030. The number of rotatable bonds is 9. The topological polar surface area (TPSA) is 76.2 Å². The Hall–Kier alpha value is -3.39. The summed E-state index contributed by atoms with van der Waals surface area (Å²) in [5.41, 5.74) is 2.29. The number of likely N-dealkylation sites (N-methyl/N-ethyl adjacent to an activating group) is 1. The third-order valence-corrected chi connectivity index (χ3v) is 6.98. The summed E-state index contributed by atoms with van der Waals surface area (Å²) in [6, 6.07) is 19.3. The molecule has 2 aliphatic rings. The summed E-state index contributed by atoms with van der Waals surface area (Å²) in [7, 11) is 1.76. The lowest BCUT2D eigenvalue weighted by Crippen LogP contribution is -2.75. The van der Waals surface area contributed by atoms with E-state index in [1.807, 2.05) is 60.4 Å². The van der Waals surface area contributed by atoms with Crippen LogP contribution in [0.3, 0.4) is 0 Å². The largest absolute Gasteiger partial charge is 0.337 e. The highest BCUT2D eigenvalue weighted by molar-refractivity contribution is 5.91. The van der Waals surface area contributed by atoms with Gasteiger partial charge in [0.05, 0.1) is 13.1 Å². The van der Waals surface area contributed by atoms with E-state index in [4.69, 9.17) is 0 Å². The molecular formula is C28H37N5O3. The quantitative estimate of drug-likeness (QED) is 0.547. The first-order chi connectivity index (χ1) is 17.5. The smallest absolute Gasteiger partial charge is 0.334 e. The van der Waals surface area contributed by atoms with Gasteiger partial charge in [0.2, 0.25) is 11.8 Å². The zero-order chi connectivity index (χ0) is 25.5. The predicted molar refractivity (Wildman–Crippen MR) is 138 cm³/mol. The summed E-state index contributed by atoms with van der Waals surface area (Å²) in [5, 5.41) is 6.29. The lowest BCUT2D eigenvalue weighted by atomic mass is 10.0. The van der Waals surface area contributed by atoms with Crippen molar-refractivity contribution in [3.8, 4) is 0 Å². The number of hydrazine groups is 1. The zero-order valence-electron chi connectivity index (χ0n) is 21.3. The fourth-order valence-corrected chi connectivity index (χ4v) is 5.19. The molecule has 4 rings (SSSR count). The number of hydrogen-bond acceptors (Lipinski definition) is 4. The Morgan fingerprint density at radius 3 is 2.31 bits per heavy atom. The van der Waals surface area contributed by atoms with E-state index >= 15 is 0 Å². The van der Waals surface area contributed by atoms with Gasteiger partial charge >= 0.3 is 6.03 Å². The predicted octanol–water partition coefficient (Wildman–Crippen LogP) is 3.25. The van der Waals surface area contributed by atoms with E-state index in [0.717, 1.165) is 31.2 Å². The Labute approximate surface area is 213 Å². The molecule has 192 valence electrons. The average Bonchev–Trinajstić information content (AvgIpc) is 2.88. The first-order valence-corrected chi connectivity index (χ1v) is 13.0. The molecule has 8 heteroatoms. The van der Waals surface area contributed by atoms with E-state index in [-0.39, 0.29) is 24.4 Å². The first kappa shape index (κ1) is 25.7. The molecule has 4 amide bonds. The van der Waals surface area contributed by atoms with Gasteiger partial charge in [-0.05, 0) is 36.8 Å². The van der Waals surface area contributed by atoms with Crippen LogP contribution in [0.4, 0.5) is 4.79 Å². The van der Waals surface area contributed by atoms with Crippen LogP contribution < -0.4 is 5.32 Å². The van der Waals surface area contributed by atoms with Gasteiger partial charge in [-0.25, -0.2) is 14.8 Å². The Morgan fingerprint density at radius 1 is 0.972 bits per heavy atom. The van der Waals surface area contributed by atoms with Crippen molar-refractivity contribution in [2.75, 3.05) is 26.7 Å². The molecule has 0 aromatic heterocycles. The summed E-state index contributed by atoms with van der Waals surface area (Å²) in [4.78, 5) is 43.4. The van der Waals surface area contributed by atoms with Crippen LogP contribution in [0.25, 0.3) is 0 Å². The average molecular weight is 492 g/mol. The molecule has 0 aliphatic carbocycles. The van der Waals surface area contributed by atoms with Crippen molar-refractivity contribution >= 4 is 17.8 Å². The number of benzene rings is 2. The van der Waals surface area contributed by atoms with Gasteiger partial charge < -0.3 is 15.1 Å². The van der Waals surface area contributed by atoms with Gasteiger partial charge in [0.1, 0.15) is 12.2 Å². The fourth-order valence-electron chi connectivity index (χ4n) is 5.19. The minimum atomic E-state index is -0.534. The van der Waals surface area contributed by atoms with Crippen molar-refractivity contribution in [2.24, 2.45) is 0 Å². The number of hydrogen-bond donors (Lipinski definition) is 1. The van der Waals surface area contributed by atoms with E-state index in [1.54, 1.807) is 22.0 Å². The Morgan fingerprint density at radius 2 is 1.64 bits per heavy atom. The molecule has 2 fully saturated rings. The maximum atomic E-state index is 13.4. The van der Waals surface area contributed by atoms with Gasteiger partial charge in [-0.1, -0.05) is 74.0 Å². The van der Waals surface area contributed by atoms with E-state index in [1.165, 1.54) is 5.56 Å². The maximum Gasteiger partial charge on any atom is 0.334 e. The highest BCUT2D eigenvalue weighted by atomic mass is 16.2. The molecule has 36 heavy (non-hydrogen) atoms. The summed E-state index contributed by atoms with van der Waals surface area (Å²) >= 11 is 0. The van der Waals surface area contributed by atoms with Crippen LogP contribution >= 0.6 is 0 Å². The van der Waals surface area contributed by atoms with Gasteiger partial charge in [-0.3, -0.25) is 9.59 Å². The standard InChI is InChI=1S/C28H37N5O3/c1-3-12-24-27(35)31(18-11-10-15-22-13-6-4-7-14-22)20-25-32(24)26(34)21-30(2)33(25)28(36)29-19-23-16-8-5-9-17-23/h4-9,13-14,16-17,24-25H,3,10-12,15,18-21H2,1-2H3,(H,29,36)/t24-,25-/m0/s1. The number of carbonyl (C=O) groups is 3. The molecule has 0 saturated carbocycles. The van der Waals surface area contributed by atoms with Crippen LogP contribution in [0.2, 0.25) is 0 Å². The number of piperazine rings is 1. The van der Waals surface area contributed by atoms with Crippen LogP contribution in [-0.4, -0.2) is 76.6 Å². The van der Waals surface area contributed by atoms with Gasteiger partial charge in [-0.15, -0.1) is 0 Å². The van der Waals surface area contributed by atoms with Gasteiger partial charge in [-0.2, -0.15) is 0 Å². The number of urea groups is 1. The van der Waals surface area contributed by atoms with Crippen LogP contribution in [0.5, 0.6) is 0 Å². The second-order valence-corrected chi connectivity index (χ2v) is 9.62. The summed E-state index contributed by atoms with van der Waals surface area (Å²) in [6.45, 7) is 3.42. The van der Waals surface area contributed by atoms with Crippen molar-refractivity contribution in [2.45, 2.75) is 57.8 Å². The molecule has 2 atom stereocenters. The SMILES string of the molecule is CCC[C@H]1C(=O)N(CCCCc2ccccc2)C[C@H]2N1C(=O)CN(C)N2C(=O)NCc1ccccc1. The monoisotopic (exact) mass is 491 g/mol. The lowest BCUT2D eigenvalue weighted by molar-refractivity contribution is -0.187. The molecule has 2 aromatic rings. The van der Waals surface area contributed by atoms with Crippen LogP contribution in [0, 0.1) is 0 Å². The Balaban J connectivity index is 1.46.